The van der Waals surface area contributed by atoms with Crippen molar-refractivity contribution in [2.75, 3.05) is 0 Å². The number of pyridine rings is 1. The Morgan fingerprint density at radius 1 is 1.21 bits per heavy atom. The lowest BCUT2D eigenvalue weighted by Gasteiger charge is -2.47. The minimum absolute atomic E-state index is 0.0119. The molecule has 0 saturated heterocycles. The highest BCUT2D eigenvalue weighted by Gasteiger charge is 2.64. The number of carbonyl (C=O) groups is 2. The number of carbonyl (C=O) groups excluding carboxylic acids is 2. The predicted octanol–water partition coefficient (Wildman–Crippen LogP) is 2.40. The number of aromatic nitrogens is 1. The van der Waals surface area contributed by atoms with Crippen molar-refractivity contribution in [1.29, 1.82) is 0 Å². The van der Waals surface area contributed by atoms with E-state index in [0.717, 1.165) is 55.8 Å². The summed E-state index contributed by atoms with van der Waals surface area (Å²) in [5.74, 6) is 0.714. The average Bonchev–Trinajstić information content (AvgIpc) is 3.17. The maximum absolute atomic E-state index is 12.9. The Hall–Kier alpha value is -1.83. The van der Waals surface area contributed by atoms with E-state index in [1.807, 2.05) is 0 Å². The van der Waals surface area contributed by atoms with Crippen LogP contribution >= 0.6 is 15.9 Å². The van der Waals surface area contributed by atoms with E-state index in [9.17, 15) is 14.4 Å². The Kier molecular flexibility index (Phi) is 5.25. The summed E-state index contributed by atoms with van der Waals surface area (Å²) >= 11 is 3.45. The number of nitrogens with zero attached hydrogens (tertiary/aromatic N) is 1. The van der Waals surface area contributed by atoms with E-state index >= 15 is 0 Å². The monoisotopic (exact) mass is 465 g/mol. The standard InChI is InChI=1S/C21H28BrN3O4/c1-13(26)24-21-8-7-20(11-21,12-21)19(28)23-14-3-5-15(6-4-14)29-17-9-18(27)25(2)10-16(17)22/h9-10,14-15H,3-8,11-12H2,1-2H3,(H,23,28)(H,24,26). The molecule has 0 radical (unpaired) electrons. The molecule has 2 amide bonds. The van der Waals surface area contributed by atoms with Crippen LogP contribution in [0.2, 0.25) is 0 Å². The fraction of sp³-hybridized carbons (Fsp3) is 0.667. The molecule has 1 aromatic rings. The van der Waals surface area contributed by atoms with Gasteiger partial charge in [0.25, 0.3) is 5.56 Å². The van der Waals surface area contributed by atoms with E-state index in [0.29, 0.717) is 5.75 Å². The lowest BCUT2D eigenvalue weighted by molar-refractivity contribution is -0.139. The van der Waals surface area contributed by atoms with Crippen LogP contribution < -0.4 is 20.9 Å². The van der Waals surface area contributed by atoms with Gasteiger partial charge in [-0.05, 0) is 67.3 Å². The lowest BCUT2D eigenvalue weighted by Crippen LogP contribution is -2.60. The van der Waals surface area contributed by atoms with Crippen LogP contribution in [0.4, 0.5) is 0 Å². The SMILES string of the molecule is CC(=O)NC12CCC(C(=O)NC3CCC(Oc4cc(=O)n(C)cc4Br)CC3)(C1)C2. The smallest absolute Gasteiger partial charge is 0.254 e. The first kappa shape index (κ1) is 20.4. The van der Waals surface area contributed by atoms with Crippen molar-refractivity contribution < 1.29 is 14.3 Å². The summed E-state index contributed by atoms with van der Waals surface area (Å²) in [6, 6.07) is 1.68. The average molecular weight is 466 g/mol. The van der Waals surface area contributed by atoms with Crippen molar-refractivity contribution in [3.8, 4) is 5.75 Å². The van der Waals surface area contributed by atoms with Gasteiger partial charge in [-0.15, -0.1) is 0 Å². The van der Waals surface area contributed by atoms with Crippen LogP contribution in [0.25, 0.3) is 0 Å². The second-order valence-corrected chi connectivity index (χ2v) is 9.95. The number of aryl methyl sites for hydroxylation is 1. The second-order valence-electron chi connectivity index (χ2n) is 9.10. The number of ether oxygens (including phenoxy) is 1. The van der Waals surface area contributed by atoms with Crippen LogP contribution in [0.3, 0.4) is 0 Å². The second kappa shape index (κ2) is 7.45. The van der Waals surface area contributed by atoms with Gasteiger partial charge in [-0.1, -0.05) is 0 Å². The minimum Gasteiger partial charge on any atom is -0.489 e. The fourth-order valence-electron chi connectivity index (χ4n) is 5.39. The predicted molar refractivity (Wildman–Crippen MR) is 112 cm³/mol. The van der Waals surface area contributed by atoms with Crippen LogP contribution in [0.15, 0.2) is 21.5 Å². The molecule has 4 aliphatic rings. The summed E-state index contributed by atoms with van der Waals surface area (Å²) in [6.45, 7) is 1.54. The Morgan fingerprint density at radius 3 is 2.55 bits per heavy atom. The number of fused-ring (bicyclic) bond motifs is 1. The van der Waals surface area contributed by atoms with Crippen molar-refractivity contribution in [1.82, 2.24) is 15.2 Å². The van der Waals surface area contributed by atoms with Crippen molar-refractivity contribution in [3.05, 3.63) is 27.1 Å². The molecule has 0 aromatic carbocycles. The highest BCUT2D eigenvalue weighted by molar-refractivity contribution is 9.10. The first-order valence-corrected chi connectivity index (χ1v) is 11.1. The van der Waals surface area contributed by atoms with Gasteiger partial charge in [-0.2, -0.15) is 0 Å². The fourth-order valence-corrected chi connectivity index (χ4v) is 5.90. The zero-order valence-corrected chi connectivity index (χ0v) is 18.5. The summed E-state index contributed by atoms with van der Waals surface area (Å²) in [5.41, 5.74) is -0.532. The summed E-state index contributed by atoms with van der Waals surface area (Å²) < 4.78 is 8.31. The third-order valence-corrected chi connectivity index (χ3v) is 7.40. The molecule has 2 N–H and O–H groups in total. The summed E-state index contributed by atoms with van der Waals surface area (Å²) in [6.07, 6.45) is 8.46. The van der Waals surface area contributed by atoms with Crippen molar-refractivity contribution in [2.24, 2.45) is 12.5 Å². The summed E-state index contributed by atoms with van der Waals surface area (Å²) in [4.78, 5) is 36.1. The Morgan fingerprint density at radius 2 is 1.90 bits per heavy atom. The third-order valence-electron chi connectivity index (χ3n) is 6.81. The van der Waals surface area contributed by atoms with Crippen molar-refractivity contribution in [3.63, 3.8) is 0 Å². The first-order chi connectivity index (χ1) is 13.7. The van der Waals surface area contributed by atoms with E-state index in [2.05, 4.69) is 26.6 Å². The number of nitrogens with one attached hydrogen (secondary N) is 2. The molecule has 4 saturated carbocycles. The summed E-state index contributed by atoms with van der Waals surface area (Å²) in [5, 5.41) is 6.30. The maximum Gasteiger partial charge on any atom is 0.254 e. The van der Waals surface area contributed by atoms with E-state index in [4.69, 9.17) is 4.74 Å². The number of hydrogen-bond acceptors (Lipinski definition) is 4. The van der Waals surface area contributed by atoms with Crippen LogP contribution in [0.1, 0.15) is 58.3 Å². The first-order valence-electron chi connectivity index (χ1n) is 10.3. The molecule has 1 aromatic heterocycles. The molecule has 1 heterocycles. The number of halogens is 1. The largest absolute Gasteiger partial charge is 0.489 e. The number of rotatable bonds is 5. The van der Waals surface area contributed by atoms with Gasteiger partial charge in [0.15, 0.2) is 0 Å². The Bertz CT molecular complexity index is 882. The van der Waals surface area contributed by atoms with Crippen LogP contribution in [-0.2, 0) is 16.6 Å². The van der Waals surface area contributed by atoms with Gasteiger partial charge in [0, 0.05) is 37.8 Å². The molecular formula is C21H28BrN3O4. The molecular weight excluding hydrogens is 438 g/mol. The number of hydrogen-bond donors (Lipinski definition) is 2. The van der Waals surface area contributed by atoms with Crippen LogP contribution in [0, 0.1) is 5.41 Å². The van der Waals surface area contributed by atoms with Crippen molar-refractivity contribution in [2.45, 2.75) is 76.0 Å². The molecule has 0 spiro atoms. The van der Waals surface area contributed by atoms with E-state index in [-0.39, 0.29) is 40.5 Å². The van der Waals surface area contributed by atoms with E-state index in [1.165, 1.54) is 10.6 Å². The summed E-state index contributed by atoms with van der Waals surface area (Å²) in [7, 11) is 1.71. The number of amides is 2. The Balaban J connectivity index is 1.27. The van der Waals surface area contributed by atoms with Crippen LogP contribution in [0.5, 0.6) is 5.75 Å². The quantitative estimate of drug-likeness (QED) is 0.698. The molecule has 2 bridgehead atoms. The van der Waals surface area contributed by atoms with Gasteiger partial charge >= 0.3 is 0 Å². The highest BCUT2D eigenvalue weighted by atomic mass is 79.9. The molecule has 4 aliphatic carbocycles. The van der Waals surface area contributed by atoms with E-state index < -0.39 is 0 Å². The molecule has 0 aliphatic heterocycles. The van der Waals surface area contributed by atoms with E-state index in [1.54, 1.807) is 20.2 Å². The maximum atomic E-state index is 12.9. The van der Waals surface area contributed by atoms with Gasteiger partial charge in [0.1, 0.15) is 5.75 Å². The molecule has 29 heavy (non-hydrogen) atoms. The van der Waals surface area contributed by atoms with Gasteiger partial charge in [0.05, 0.1) is 16.0 Å². The minimum atomic E-state index is -0.287. The third kappa shape index (κ3) is 3.96. The normalized spacial score (nSPS) is 32.9. The zero-order chi connectivity index (χ0) is 20.8. The highest BCUT2D eigenvalue weighted by Crippen LogP contribution is 2.61. The van der Waals surface area contributed by atoms with Crippen LogP contribution in [-0.4, -0.2) is 34.1 Å². The zero-order valence-electron chi connectivity index (χ0n) is 16.9. The molecule has 5 rings (SSSR count). The van der Waals surface area contributed by atoms with Gasteiger partial charge in [0.2, 0.25) is 11.8 Å². The molecule has 0 unspecified atom stereocenters. The molecule has 4 fully saturated rings. The lowest BCUT2D eigenvalue weighted by atomic mass is 9.64. The Labute approximate surface area is 178 Å². The van der Waals surface area contributed by atoms with Gasteiger partial charge in [-0.3, -0.25) is 14.4 Å². The van der Waals surface area contributed by atoms with Crippen molar-refractivity contribution >= 4 is 27.7 Å². The molecule has 158 valence electrons. The van der Waals surface area contributed by atoms with Gasteiger partial charge in [-0.25, -0.2) is 0 Å². The van der Waals surface area contributed by atoms with Gasteiger partial charge < -0.3 is 19.9 Å². The molecule has 0 atom stereocenters. The molecule has 7 nitrogen and oxygen atoms in total. The topological polar surface area (TPSA) is 89.4 Å². The molecule has 8 heteroatoms.